The third-order valence-corrected chi connectivity index (χ3v) is 5.53. The Morgan fingerprint density at radius 2 is 2.03 bits per heavy atom. The van der Waals surface area contributed by atoms with Gasteiger partial charge in [0.15, 0.2) is 16.7 Å². The smallest absolute Gasteiger partial charge is 0.248 e. The van der Waals surface area contributed by atoms with Gasteiger partial charge < -0.3 is 19.4 Å². The second-order valence-electron chi connectivity index (χ2n) is 6.47. The number of aromatic nitrogens is 2. The summed E-state index contributed by atoms with van der Waals surface area (Å²) in [5.74, 6) is 2.13. The lowest BCUT2D eigenvalue weighted by molar-refractivity contribution is -0.111. The van der Waals surface area contributed by atoms with Gasteiger partial charge in [0, 0.05) is 35.8 Å². The summed E-state index contributed by atoms with van der Waals surface area (Å²) in [6.45, 7) is 0.990. The summed E-state index contributed by atoms with van der Waals surface area (Å²) in [7, 11) is 3.17. The van der Waals surface area contributed by atoms with Crippen molar-refractivity contribution in [3.8, 4) is 22.8 Å². The normalized spacial score (nSPS) is 12.8. The number of aryl methyl sites for hydroxylation is 1. The summed E-state index contributed by atoms with van der Waals surface area (Å²) in [6.07, 6.45) is 5.29. The Hall–Kier alpha value is -3.19. The number of methoxy groups -OCH3 is 2. The summed E-state index contributed by atoms with van der Waals surface area (Å²) in [4.78, 5) is 17.0. The van der Waals surface area contributed by atoms with Gasteiger partial charge in [-0.1, -0.05) is 30.0 Å². The number of imidazole rings is 1. The first-order valence-corrected chi connectivity index (χ1v) is 10.2. The Bertz CT molecular complexity index is 1050. The van der Waals surface area contributed by atoms with E-state index in [0.29, 0.717) is 11.5 Å². The number of nitrogens with one attached hydrogen (secondary N) is 1. The number of thioether (sulfide) groups is 1. The summed E-state index contributed by atoms with van der Waals surface area (Å²) in [5, 5.41) is 3.95. The molecule has 0 bridgehead atoms. The highest BCUT2D eigenvalue weighted by molar-refractivity contribution is 7.99. The molecule has 0 saturated carbocycles. The first-order valence-electron chi connectivity index (χ1n) is 9.18. The van der Waals surface area contributed by atoms with Crippen molar-refractivity contribution >= 4 is 29.4 Å². The monoisotopic (exact) mass is 407 g/mol. The second kappa shape index (κ2) is 8.45. The van der Waals surface area contributed by atoms with E-state index in [-0.39, 0.29) is 5.91 Å². The van der Waals surface area contributed by atoms with E-state index in [1.807, 2.05) is 36.4 Å². The summed E-state index contributed by atoms with van der Waals surface area (Å²) in [6, 6.07) is 13.2. The Morgan fingerprint density at radius 1 is 1.17 bits per heavy atom. The van der Waals surface area contributed by atoms with Crippen LogP contribution in [0.15, 0.2) is 59.9 Å². The van der Waals surface area contributed by atoms with E-state index in [0.717, 1.165) is 40.0 Å². The van der Waals surface area contributed by atoms with Crippen molar-refractivity contribution in [2.75, 3.05) is 25.3 Å². The van der Waals surface area contributed by atoms with Gasteiger partial charge in [-0.25, -0.2) is 4.98 Å². The van der Waals surface area contributed by atoms with Crippen LogP contribution < -0.4 is 14.8 Å². The lowest BCUT2D eigenvalue weighted by Gasteiger charge is -2.07. The molecule has 2 aromatic carbocycles. The third kappa shape index (κ3) is 4.30. The first-order chi connectivity index (χ1) is 14.2. The highest BCUT2D eigenvalue weighted by atomic mass is 32.2. The van der Waals surface area contributed by atoms with Crippen molar-refractivity contribution in [1.29, 1.82) is 0 Å². The molecule has 0 saturated heterocycles. The van der Waals surface area contributed by atoms with Gasteiger partial charge in [-0.15, -0.1) is 0 Å². The molecule has 0 radical (unpaired) electrons. The van der Waals surface area contributed by atoms with Crippen LogP contribution in [0.4, 0.5) is 5.69 Å². The van der Waals surface area contributed by atoms with Crippen LogP contribution in [0.5, 0.6) is 11.5 Å². The van der Waals surface area contributed by atoms with E-state index in [1.165, 1.54) is 6.08 Å². The average molecular weight is 407 g/mol. The van der Waals surface area contributed by atoms with Crippen LogP contribution in [0.3, 0.4) is 0 Å². The number of anilines is 1. The van der Waals surface area contributed by atoms with Crippen LogP contribution in [0, 0.1) is 0 Å². The van der Waals surface area contributed by atoms with E-state index in [2.05, 4.69) is 21.1 Å². The molecule has 0 spiro atoms. The number of fused-ring (bicyclic) bond motifs is 1. The van der Waals surface area contributed by atoms with Crippen molar-refractivity contribution in [3.05, 3.63) is 60.3 Å². The highest BCUT2D eigenvalue weighted by Crippen LogP contribution is 2.30. The largest absolute Gasteiger partial charge is 0.493 e. The molecule has 0 unspecified atom stereocenters. The molecule has 0 atom stereocenters. The average Bonchev–Trinajstić information content (AvgIpc) is 3.34. The van der Waals surface area contributed by atoms with Crippen molar-refractivity contribution in [3.63, 3.8) is 0 Å². The molecule has 1 aromatic heterocycles. The summed E-state index contributed by atoms with van der Waals surface area (Å²) in [5.41, 5.74) is 3.47. The fourth-order valence-electron chi connectivity index (χ4n) is 3.12. The van der Waals surface area contributed by atoms with Crippen LogP contribution in [0.1, 0.15) is 5.56 Å². The van der Waals surface area contributed by atoms with Gasteiger partial charge in [0.05, 0.1) is 19.9 Å². The van der Waals surface area contributed by atoms with Gasteiger partial charge in [-0.05, 0) is 35.9 Å². The number of ether oxygens (including phenoxy) is 2. The zero-order valence-corrected chi connectivity index (χ0v) is 17.0. The predicted molar refractivity (Wildman–Crippen MR) is 116 cm³/mol. The van der Waals surface area contributed by atoms with Crippen LogP contribution in [-0.2, 0) is 11.3 Å². The Balaban J connectivity index is 1.45. The molecule has 2 heterocycles. The minimum atomic E-state index is -0.208. The molecule has 0 fully saturated rings. The molecule has 0 aliphatic carbocycles. The molecular formula is C22H21N3O3S. The molecule has 6 nitrogen and oxygen atoms in total. The molecule has 4 rings (SSSR count). The van der Waals surface area contributed by atoms with Gasteiger partial charge in [0.2, 0.25) is 5.91 Å². The number of rotatable bonds is 6. The van der Waals surface area contributed by atoms with E-state index in [4.69, 9.17) is 9.47 Å². The molecule has 29 heavy (non-hydrogen) atoms. The fraction of sp³-hybridized carbons (Fsp3) is 0.182. The molecule has 148 valence electrons. The number of carbonyl (C=O) groups is 1. The zero-order chi connectivity index (χ0) is 20.2. The number of carbonyl (C=O) groups excluding carboxylic acids is 1. The summed E-state index contributed by atoms with van der Waals surface area (Å²) < 4.78 is 12.7. The lowest BCUT2D eigenvalue weighted by Crippen LogP contribution is -2.07. The second-order valence-corrected chi connectivity index (χ2v) is 7.53. The van der Waals surface area contributed by atoms with E-state index < -0.39 is 0 Å². The van der Waals surface area contributed by atoms with Gasteiger partial charge in [0.25, 0.3) is 0 Å². The fourth-order valence-corrected chi connectivity index (χ4v) is 4.06. The van der Waals surface area contributed by atoms with E-state index >= 15 is 0 Å². The van der Waals surface area contributed by atoms with Gasteiger partial charge >= 0.3 is 0 Å². The highest BCUT2D eigenvalue weighted by Gasteiger charge is 2.15. The maximum Gasteiger partial charge on any atom is 0.248 e. The van der Waals surface area contributed by atoms with Crippen LogP contribution in [0.25, 0.3) is 17.3 Å². The standard InChI is InChI=1S/C22H21N3O3S/c1-27-19-8-6-15(12-20(19)28-2)7-9-21(26)23-17-5-3-4-16(13-17)18-14-25-10-11-29-22(25)24-18/h3-9,12-14H,10-11H2,1-2H3,(H,23,26)/b9-7+. The molecule has 1 aliphatic rings. The predicted octanol–water partition coefficient (Wildman–Crippen LogP) is 4.32. The van der Waals surface area contributed by atoms with Crippen molar-refractivity contribution < 1.29 is 14.3 Å². The maximum absolute atomic E-state index is 12.3. The molecule has 3 aromatic rings. The zero-order valence-electron chi connectivity index (χ0n) is 16.2. The topological polar surface area (TPSA) is 65.4 Å². The first kappa shape index (κ1) is 19.1. The number of hydrogen-bond acceptors (Lipinski definition) is 5. The van der Waals surface area contributed by atoms with Crippen molar-refractivity contribution in [2.45, 2.75) is 11.7 Å². The molecule has 1 aliphatic heterocycles. The number of nitrogens with zero attached hydrogens (tertiary/aromatic N) is 2. The Kier molecular flexibility index (Phi) is 5.57. The van der Waals surface area contributed by atoms with E-state index in [9.17, 15) is 4.79 Å². The minimum Gasteiger partial charge on any atom is -0.493 e. The van der Waals surface area contributed by atoms with E-state index in [1.54, 1.807) is 38.1 Å². The third-order valence-electron chi connectivity index (χ3n) is 4.56. The van der Waals surface area contributed by atoms with Gasteiger partial charge in [-0.3, -0.25) is 4.79 Å². The van der Waals surface area contributed by atoms with Crippen molar-refractivity contribution in [1.82, 2.24) is 9.55 Å². The Labute approximate surface area is 173 Å². The SMILES string of the molecule is COc1ccc(/C=C/C(=O)Nc2cccc(-c3cn4c(n3)SCC4)c2)cc1OC. The molecular weight excluding hydrogens is 386 g/mol. The molecule has 7 heteroatoms. The molecule has 1 amide bonds. The maximum atomic E-state index is 12.3. The molecule has 1 N–H and O–H groups in total. The van der Waals surface area contributed by atoms with Crippen LogP contribution >= 0.6 is 11.8 Å². The van der Waals surface area contributed by atoms with Crippen LogP contribution in [-0.4, -0.2) is 35.4 Å². The van der Waals surface area contributed by atoms with Crippen LogP contribution in [0.2, 0.25) is 0 Å². The summed E-state index contributed by atoms with van der Waals surface area (Å²) >= 11 is 1.76. The minimum absolute atomic E-state index is 0.208. The number of amides is 1. The van der Waals surface area contributed by atoms with Gasteiger partial charge in [-0.2, -0.15) is 0 Å². The lowest BCUT2D eigenvalue weighted by atomic mass is 10.1. The quantitative estimate of drug-likeness (QED) is 0.617. The number of hydrogen-bond donors (Lipinski definition) is 1. The Morgan fingerprint density at radius 3 is 2.83 bits per heavy atom. The number of benzene rings is 2. The van der Waals surface area contributed by atoms with Gasteiger partial charge in [0.1, 0.15) is 0 Å². The van der Waals surface area contributed by atoms with Crippen molar-refractivity contribution in [2.24, 2.45) is 0 Å².